The summed E-state index contributed by atoms with van der Waals surface area (Å²) in [5.74, 6) is 0.0432. The molecule has 1 atom stereocenters. The number of ether oxygens (including phenoxy) is 1. The van der Waals surface area contributed by atoms with E-state index in [1.807, 2.05) is 0 Å². The zero-order valence-electron chi connectivity index (χ0n) is 9.29. The number of carbonyl (C=O) groups is 1. The maximum Gasteiger partial charge on any atom is 0.234 e. The first kappa shape index (κ1) is 12.2. The summed E-state index contributed by atoms with van der Waals surface area (Å²) in [4.78, 5) is 11.3. The van der Waals surface area contributed by atoms with Crippen molar-refractivity contribution >= 4 is 5.91 Å². The molecule has 0 fully saturated rings. The van der Waals surface area contributed by atoms with E-state index < -0.39 is 0 Å². The van der Waals surface area contributed by atoms with E-state index in [9.17, 15) is 4.79 Å². The Bertz CT molecular complexity index is 217. The van der Waals surface area contributed by atoms with Crippen LogP contribution in [0.1, 0.15) is 19.3 Å². The summed E-state index contributed by atoms with van der Waals surface area (Å²) in [6.45, 7) is 1.56. The number of amides is 1. The zero-order chi connectivity index (χ0) is 10.9. The summed E-state index contributed by atoms with van der Waals surface area (Å²) in [6, 6.07) is 0.461. The van der Waals surface area contributed by atoms with Gasteiger partial charge in [0.05, 0.1) is 13.2 Å². The maximum atomic E-state index is 11.3. The van der Waals surface area contributed by atoms with Crippen molar-refractivity contribution < 1.29 is 9.53 Å². The molecule has 1 aliphatic rings. The number of nitrogens with one attached hydrogen (secondary N) is 2. The van der Waals surface area contributed by atoms with Crippen LogP contribution in [0.5, 0.6) is 0 Å². The minimum absolute atomic E-state index is 0.0432. The Morgan fingerprint density at radius 1 is 1.53 bits per heavy atom. The van der Waals surface area contributed by atoms with Gasteiger partial charge in [-0.2, -0.15) is 0 Å². The smallest absolute Gasteiger partial charge is 0.234 e. The van der Waals surface area contributed by atoms with Gasteiger partial charge in [-0.05, 0) is 19.3 Å². The van der Waals surface area contributed by atoms with Crippen LogP contribution in [0.2, 0.25) is 0 Å². The number of hydrogen-bond donors (Lipinski definition) is 2. The first-order chi connectivity index (χ1) is 7.33. The molecule has 0 aromatic heterocycles. The van der Waals surface area contributed by atoms with Crippen molar-refractivity contribution in [1.29, 1.82) is 0 Å². The molecule has 0 spiro atoms. The lowest BCUT2D eigenvalue weighted by Gasteiger charge is -2.18. The normalized spacial score (nSPS) is 20.2. The largest absolute Gasteiger partial charge is 0.383 e. The predicted molar refractivity (Wildman–Crippen MR) is 59.7 cm³/mol. The third-order valence-electron chi connectivity index (χ3n) is 2.45. The van der Waals surface area contributed by atoms with Gasteiger partial charge in [0.25, 0.3) is 0 Å². The molecule has 86 valence electrons. The highest BCUT2D eigenvalue weighted by molar-refractivity contribution is 5.77. The van der Waals surface area contributed by atoms with E-state index in [0.29, 0.717) is 25.7 Å². The molecule has 0 saturated heterocycles. The fourth-order valence-corrected chi connectivity index (χ4v) is 1.57. The van der Waals surface area contributed by atoms with Crippen LogP contribution in [0, 0.1) is 0 Å². The van der Waals surface area contributed by atoms with Crippen molar-refractivity contribution in [3.8, 4) is 0 Å². The van der Waals surface area contributed by atoms with Gasteiger partial charge in [0, 0.05) is 19.7 Å². The van der Waals surface area contributed by atoms with Crippen LogP contribution in [-0.4, -0.2) is 38.8 Å². The Morgan fingerprint density at radius 2 is 2.40 bits per heavy atom. The van der Waals surface area contributed by atoms with Crippen LogP contribution in [0.4, 0.5) is 0 Å². The second kappa shape index (κ2) is 7.43. The topological polar surface area (TPSA) is 50.4 Å². The molecule has 4 heteroatoms. The molecule has 4 nitrogen and oxygen atoms in total. The molecule has 0 saturated carbocycles. The summed E-state index contributed by atoms with van der Waals surface area (Å²) in [5, 5.41) is 6.02. The minimum atomic E-state index is 0.0432. The van der Waals surface area contributed by atoms with Crippen molar-refractivity contribution in [2.45, 2.75) is 25.3 Å². The molecule has 0 heterocycles. The van der Waals surface area contributed by atoms with Crippen molar-refractivity contribution in [3.05, 3.63) is 12.2 Å². The number of methoxy groups -OCH3 is 1. The molecule has 0 aliphatic heterocycles. The fourth-order valence-electron chi connectivity index (χ4n) is 1.57. The molecule has 0 bridgehead atoms. The van der Waals surface area contributed by atoms with Crippen LogP contribution < -0.4 is 10.6 Å². The van der Waals surface area contributed by atoms with Gasteiger partial charge in [0.1, 0.15) is 0 Å². The lowest BCUT2D eigenvalue weighted by Crippen LogP contribution is -2.40. The van der Waals surface area contributed by atoms with Crippen molar-refractivity contribution in [3.63, 3.8) is 0 Å². The molecule has 2 N–H and O–H groups in total. The van der Waals surface area contributed by atoms with Crippen molar-refractivity contribution in [2.75, 3.05) is 26.8 Å². The monoisotopic (exact) mass is 212 g/mol. The Labute approximate surface area is 91.1 Å². The summed E-state index contributed by atoms with van der Waals surface area (Å²) in [5.41, 5.74) is 0. The average molecular weight is 212 g/mol. The van der Waals surface area contributed by atoms with Gasteiger partial charge >= 0.3 is 0 Å². The summed E-state index contributed by atoms with van der Waals surface area (Å²) in [7, 11) is 1.62. The molecule has 0 aromatic rings. The molecule has 1 aliphatic carbocycles. The van der Waals surface area contributed by atoms with E-state index in [2.05, 4.69) is 22.8 Å². The number of rotatable bonds is 6. The molecule has 1 rings (SSSR count). The molecule has 15 heavy (non-hydrogen) atoms. The van der Waals surface area contributed by atoms with E-state index in [4.69, 9.17) is 4.74 Å². The molecule has 0 aromatic carbocycles. The van der Waals surface area contributed by atoms with Crippen molar-refractivity contribution in [1.82, 2.24) is 10.6 Å². The van der Waals surface area contributed by atoms with Crippen LogP contribution in [0.3, 0.4) is 0 Å². The Kier molecular flexibility index (Phi) is 6.04. The van der Waals surface area contributed by atoms with Gasteiger partial charge in [-0.15, -0.1) is 0 Å². The third kappa shape index (κ3) is 5.54. The van der Waals surface area contributed by atoms with Gasteiger partial charge in [-0.1, -0.05) is 12.2 Å². The van der Waals surface area contributed by atoms with E-state index in [1.165, 1.54) is 0 Å². The minimum Gasteiger partial charge on any atom is -0.383 e. The highest BCUT2D eigenvalue weighted by Gasteiger charge is 2.10. The van der Waals surface area contributed by atoms with Gasteiger partial charge in [0.15, 0.2) is 0 Å². The van der Waals surface area contributed by atoms with Crippen LogP contribution >= 0.6 is 0 Å². The van der Waals surface area contributed by atoms with Gasteiger partial charge < -0.3 is 15.4 Å². The molecular formula is C11H20N2O2. The first-order valence-corrected chi connectivity index (χ1v) is 5.47. The summed E-state index contributed by atoms with van der Waals surface area (Å²) >= 11 is 0. The quantitative estimate of drug-likeness (QED) is 0.496. The van der Waals surface area contributed by atoms with Gasteiger partial charge in [-0.3, -0.25) is 4.79 Å². The Hall–Kier alpha value is -0.870. The van der Waals surface area contributed by atoms with E-state index in [-0.39, 0.29) is 5.91 Å². The second-order valence-corrected chi connectivity index (χ2v) is 3.71. The number of allylic oxidation sites excluding steroid dienone is 1. The summed E-state index contributed by atoms with van der Waals surface area (Å²) < 4.78 is 4.84. The standard InChI is InChI=1S/C11H20N2O2/c1-15-8-7-12-11(14)9-13-10-5-3-2-4-6-10/h2-3,10,13H,4-9H2,1H3,(H,12,14). The van der Waals surface area contributed by atoms with Crippen molar-refractivity contribution in [2.24, 2.45) is 0 Å². The summed E-state index contributed by atoms with van der Waals surface area (Å²) in [6.07, 6.45) is 7.64. The highest BCUT2D eigenvalue weighted by atomic mass is 16.5. The zero-order valence-corrected chi connectivity index (χ0v) is 9.29. The maximum absolute atomic E-state index is 11.3. The van der Waals surface area contributed by atoms with Gasteiger partial charge in [-0.25, -0.2) is 0 Å². The first-order valence-electron chi connectivity index (χ1n) is 5.47. The predicted octanol–water partition coefficient (Wildman–Crippen LogP) is 0.447. The van der Waals surface area contributed by atoms with Crippen LogP contribution in [0.15, 0.2) is 12.2 Å². The number of carbonyl (C=O) groups excluding carboxylic acids is 1. The molecule has 1 amide bonds. The Balaban J connectivity index is 2.03. The SMILES string of the molecule is COCCNC(=O)CNC1CC=CCC1. The molecule has 0 radical (unpaired) electrons. The van der Waals surface area contributed by atoms with E-state index in [1.54, 1.807) is 7.11 Å². The van der Waals surface area contributed by atoms with Crippen LogP contribution in [0.25, 0.3) is 0 Å². The third-order valence-corrected chi connectivity index (χ3v) is 2.45. The molecule has 1 unspecified atom stereocenters. The number of hydrogen-bond acceptors (Lipinski definition) is 3. The van der Waals surface area contributed by atoms with E-state index in [0.717, 1.165) is 19.3 Å². The molecular weight excluding hydrogens is 192 g/mol. The lowest BCUT2D eigenvalue weighted by molar-refractivity contribution is -0.120. The van der Waals surface area contributed by atoms with E-state index >= 15 is 0 Å². The highest BCUT2D eigenvalue weighted by Crippen LogP contribution is 2.09. The lowest BCUT2D eigenvalue weighted by atomic mass is 10.0. The fraction of sp³-hybridized carbons (Fsp3) is 0.727. The second-order valence-electron chi connectivity index (χ2n) is 3.71. The Morgan fingerprint density at radius 3 is 3.07 bits per heavy atom. The average Bonchev–Trinajstić information content (AvgIpc) is 2.28. The van der Waals surface area contributed by atoms with Crippen LogP contribution in [-0.2, 0) is 9.53 Å². The van der Waals surface area contributed by atoms with Gasteiger partial charge in [0.2, 0.25) is 5.91 Å².